The molecule has 0 aliphatic rings. The molecule has 0 aliphatic carbocycles. The van der Waals surface area contributed by atoms with E-state index in [0.717, 1.165) is 11.4 Å². The van der Waals surface area contributed by atoms with Crippen molar-refractivity contribution in [1.82, 2.24) is 9.78 Å². The van der Waals surface area contributed by atoms with Crippen molar-refractivity contribution in [2.45, 2.75) is 20.3 Å². The summed E-state index contributed by atoms with van der Waals surface area (Å²) < 4.78 is 1.71. The van der Waals surface area contributed by atoms with Gasteiger partial charge in [-0.3, -0.25) is 9.59 Å². The number of aromatic nitrogens is 2. The van der Waals surface area contributed by atoms with Crippen molar-refractivity contribution < 1.29 is 9.59 Å². The lowest BCUT2D eigenvalue weighted by Crippen LogP contribution is -2.16. The maximum absolute atomic E-state index is 12.8. The number of para-hydroxylation sites is 1. The molecule has 0 saturated carbocycles. The summed E-state index contributed by atoms with van der Waals surface area (Å²) in [5, 5.41) is 7.77. The first kappa shape index (κ1) is 17.9. The van der Waals surface area contributed by atoms with Crippen LogP contribution in [0.15, 0.2) is 54.7 Å². The maximum Gasteiger partial charge on any atom is 0.259 e. The average Bonchev–Trinajstić information content (AvgIpc) is 3.06. The number of benzene rings is 2. The molecule has 2 aromatic carbocycles. The second-order valence-electron chi connectivity index (χ2n) is 5.81. The van der Waals surface area contributed by atoms with Crippen molar-refractivity contribution in [3.63, 3.8) is 0 Å². The summed E-state index contributed by atoms with van der Waals surface area (Å²) >= 11 is 6.06. The zero-order chi connectivity index (χ0) is 18.7. The van der Waals surface area contributed by atoms with Crippen LogP contribution in [-0.4, -0.2) is 21.5 Å². The molecule has 26 heavy (non-hydrogen) atoms. The van der Waals surface area contributed by atoms with Crippen LogP contribution in [0, 0.1) is 0 Å². The highest BCUT2D eigenvalue weighted by molar-refractivity contribution is 6.30. The number of Topliss-reactive ketones (excluding diaryl/α,β-unsaturated/α-hetero) is 1. The van der Waals surface area contributed by atoms with Gasteiger partial charge in [-0.05, 0) is 43.7 Å². The number of carbonyl (C=O) groups excluding carboxylic acids is 2. The third-order valence-electron chi connectivity index (χ3n) is 4.06. The van der Waals surface area contributed by atoms with Gasteiger partial charge < -0.3 is 5.32 Å². The number of carbonyl (C=O) groups is 2. The molecule has 0 saturated heterocycles. The topological polar surface area (TPSA) is 64.0 Å². The van der Waals surface area contributed by atoms with E-state index in [2.05, 4.69) is 10.4 Å². The molecule has 1 heterocycles. The molecule has 0 unspecified atom stereocenters. The van der Waals surface area contributed by atoms with E-state index < -0.39 is 0 Å². The van der Waals surface area contributed by atoms with Gasteiger partial charge in [-0.15, -0.1) is 0 Å². The number of rotatable bonds is 5. The molecule has 3 aromatic rings. The Hall–Kier alpha value is -2.92. The summed E-state index contributed by atoms with van der Waals surface area (Å²) in [7, 11) is 0. The van der Waals surface area contributed by atoms with Crippen LogP contribution in [-0.2, 0) is 6.42 Å². The SMILES string of the molecule is CCc1c(C(=O)Nc2ccccc2C(C)=O)cnn1-c1cccc(Cl)c1. The smallest absolute Gasteiger partial charge is 0.259 e. The summed E-state index contributed by atoms with van der Waals surface area (Å²) in [6, 6.07) is 14.2. The van der Waals surface area contributed by atoms with Crippen LogP contribution < -0.4 is 5.32 Å². The molecule has 6 heteroatoms. The lowest BCUT2D eigenvalue weighted by Gasteiger charge is -2.10. The number of ketones is 1. The summed E-state index contributed by atoms with van der Waals surface area (Å²) in [6.45, 7) is 3.43. The van der Waals surface area contributed by atoms with Gasteiger partial charge in [0.2, 0.25) is 0 Å². The quantitative estimate of drug-likeness (QED) is 0.673. The van der Waals surface area contributed by atoms with E-state index in [1.165, 1.54) is 13.1 Å². The molecule has 0 aliphatic heterocycles. The van der Waals surface area contributed by atoms with Gasteiger partial charge in [0.25, 0.3) is 5.91 Å². The minimum atomic E-state index is -0.302. The predicted octanol–water partition coefficient (Wildman–Crippen LogP) is 4.54. The summed E-state index contributed by atoms with van der Waals surface area (Å²) in [4.78, 5) is 24.5. The van der Waals surface area contributed by atoms with Gasteiger partial charge in [-0.1, -0.05) is 36.7 Å². The maximum atomic E-state index is 12.8. The first-order chi connectivity index (χ1) is 12.5. The number of nitrogens with zero attached hydrogens (tertiary/aromatic N) is 2. The average molecular weight is 368 g/mol. The van der Waals surface area contributed by atoms with Crippen molar-refractivity contribution in [3.8, 4) is 5.69 Å². The zero-order valence-corrected chi connectivity index (χ0v) is 15.2. The van der Waals surface area contributed by atoms with Crippen LogP contribution in [0.5, 0.6) is 0 Å². The molecule has 0 radical (unpaired) electrons. The number of halogens is 1. The summed E-state index contributed by atoms with van der Waals surface area (Å²) in [6.07, 6.45) is 2.15. The monoisotopic (exact) mass is 367 g/mol. The second kappa shape index (κ2) is 7.54. The van der Waals surface area contributed by atoms with Gasteiger partial charge >= 0.3 is 0 Å². The highest BCUT2D eigenvalue weighted by Gasteiger charge is 2.19. The molecule has 3 rings (SSSR count). The molecule has 0 spiro atoms. The second-order valence-corrected chi connectivity index (χ2v) is 6.24. The Kier molecular flexibility index (Phi) is 5.19. The Bertz CT molecular complexity index is 979. The Balaban J connectivity index is 1.95. The normalized spacial score (nSPS) is 10.6. The number of amides is 1. The van der Waals surface area contributed by atoms with Gasteiger partial charge in [-0.25, -0.2) is 4.68 Å². The molecule has 0 atom stereocenters. The molecule has 1 N–H and O–H groups in total. The van der Waals surface area contributed by atoms with E-state index in [9.17, 15) is 9.59 Å². The lowest BCUT2D eigenvalue weighted by atomic mass is 10.1. The fourth-order valence-corrected chi connectivity index (χ4v) is 3.01. The summed E-state index contributed by atoms with van der Waals surface area (Å²) in [5.74, 6) is -0.407. The van der Waals surface area contributed by atoms with E-state index in [-0.39, 0.29) is 11.7 Å². The van der Waals surface area contributed by atoms with E-state index in [4.69, 9.17) is 11.6 Å². The van der Waals surface area contributed by atoms with Gasteiger partial charge in [0.1, 0.15) is 0 Å². The van der Waals surface area contributed by atoms with Gasteiger partial charge in [0.05, 0.1) is 28.8 Å². The number of hydrogen-bond acceptors (Lipinski definition) is 3. The fourth-order valence-electron chi connectivity index (χ4n) is 2.82. The van der Waals surface area contributed by atoms with Crippen molar-refractivity contribution in [2.75, 3.05) is 5.32 Å². The number of nitrogens with one attached hydrogen (secondary N) is 1. The lowest BCUT2D eigenvalue weighted by molar-refractivity contribution is 0.101. The van der Waals surface area contributed by atoms with E-state index in [0.29, 0.717) is 28.3 Å². The van der Waals surface area contributed by atoms with Crippen molar-refractivity contribution in [2.24, 2.45) is 0 Å². The highest BCUT2D eigenvalue weighted by Crippen LogP contribution is 2.21. The first-order valence-corrected chi connectivity index (χ1v) is 8.63. The third kappa shape index (κ3) is 3.53. The number of hydrogen-bond donors (Lipinski definition) is 1. The molecule has 0 fully saturated rings. The fraction of sp³-hybridized carbons (Fsp3) is 0.150. The van der Waals surface area contributed by atoms with Crippen LogP contribution in [0.25, 0.3) is 5.69 Å². The van der Waals surface area contributed by atoms with Crippen LogP contribution >= 0.6 is 11.6 Å². The van der Waals surface area contributed by atoms with E-state index >= 15 is 0 Å². The van der Waals surface area contributed by atoms with Crippen LogP contribution in [0.3, 0.4) is 0 Å². The molecular formula is C20H18ClN3O2. The summed E-state index contributed by atoms with van der Waals surface area (Å²) in [5.41, 5.74) is 2.98. The highest BCUT2D eigenvalue weighted by atomic mass is 35.5. The Morgan fingerprint density at radius 1 is 1.12 bits per heavy atom. The van der Waals surface area contributed by atoms with Crippen LogP contribution in [0.4, 0.5) is 5.69 Å². The van der Waals surface area contributed by atoms with Gasteiger partial charge in [-0.2, -0.15) is 5.10 Å². The van der Waals surface area contributed by atoms with Crippen LogP contribution in [0.1, 0.15) is 40.3 Å². The third-order valence-corrected chi connectivity index (χ3v) is 4.29. The van der Waals surface area contributed by atoms with Gasteiger partial charge in [0.15, 0.2) is 5.78 Å². The Morgan fingerprint density at radius 2 is 1.88 bits per heavy atom. The first-order valence-electron chi connectivity index (χ1n) is 8.25. The Morgan fingerprint density at radius 3 is 2.58 bits per heavy atom. The molecule has 5 nitrogen and oxygen atoms in total. The Labute approximate surface area is 156 Å². The van der Waals surface area contributed by atoms with E-state index in [1.807, 2.05) is 19.1 Å². The van der Waals surface area contributed by atoms with Crippen molar-refractivity contribution in [1.29, 1.82) is 0 Å². The molecule has 1 amide bonds. The van der Waals surface area contributed by atoms with Gasteiger partial charge in [0, 0.05) is 10.6 Å². The predicted molar refractivity (Wildman–Crippen MR) is 102 cm³/mol. The zero-order valence-electron chi connectivity index (χ0n) is 14.5. The molecule has 0 bridgehead atoms. The van der Waals surface area contributed by atoms with Crippen LogP contribution in [0.2, 0.25) is 5.02 Å². The standard InChI is InChI=1S/C20H18ClN3O2/c1-3-19-17(12-22-24(19)15-8-6-7-14(21)11-15)20(26)23-18-10-5-4-9-16(18)13(2)25/h4-12H,3H2,1-2H3,(H,23,26). The van der Waals surface area contributed by atoms with Crippen molar-refractivity contribution >= 4 is 29.0 Å². The molecule has 132 valence electrons. The minimum absolute atomic E-state index is 0.105. The largest absolute Gasteiger partial charge is 0.321 e. The molecule has 1 aromatic heterocycles. The minimum Gasteiger partial charge on any atom is -0.321 e. The van der Waals surface area contributed by atoms with E-state index in [1.54, 1.807) is 41.1 Å². The van der Waals surface area contributed by atoms with Crippen molar-refractivity contribution in [3.05, 3.63) is 76.6 Å². The molecular weight excluding hydrogens is 350 g/mol. The number of anilines is 1.